The summed E-state index contributed by atoms with van der Waals surface area (Å²) in [4.78, 5) is 33.4. The molecule has 0 saturated carbocycles. The van der Waals surface area contributed by atoms with Crippen LogP contribution in [0.3, 0.4) is 0 Å². The highest BCUT2D eigenvalue weighted by Crippen LogP contribution is 2.35. The number of hydrogen-bond donors (Lipinski definition) is 2. The van der Waals surface area contributed by atoms with Crippen molar-refractivity contribution < 1.29 is 22.8 Å². The predicted octanol–water partition coefficient (Wildman–Crippen LogP) is 4.37. The van der Waals surface area contributed by atoms with E-state index in [9.17, 15) is 22.8 Å². The van der Waals surface area contributed by atoms with E-state index in [2.05, 4.69) is 15.3 Å². The molecule has 2 N–H and O–H groups in total. The van der Waals surface area contributed by atoms with Crippen molar-refractivity contribution >= 4 is 23.1 Å². The number of aromatic nitrogens is 2. The number of hydrogen-bond acceptors (Lipinski definition) is 4. The molecule has 2 aromatic carbocycles. The molecule has 0 aliphatic heterocycles. The first kappa shape index (κ1) is 21.1. The Bertz CT molecular complexity index is 1060. The molecule has 1 amide bonds. The van der Waals surface area contributed by atoms with Crippen molar-refractivity contribution in [1.29, 1.82) is 0 Å². The SMILES string of the molecule is CN(C)c1cc(C(F)(F)F)ccc1NC(=O)CC(=O)c1cccc(-c2ncc[nH]2)c1. The molecule has 3 rings (SSSR count). The minimum absolute atomic E-state index is 0.186. The summed E-state index contributed by atoms with van der Waals surface area (Å²) in [6.07, 6.45) is -1.70. The molecule has 0 spiro atoms. The predicted molar refractivity (Wildman–Crippen MR) is 107 cm³/mol. The number of carbonyl (C=O) groups is 2. The maximum absolute atomic E-state index is 13.0. The van der Waals surface area contributed by atoms with Gasteiger partial charge in [-0.15, -0.1) is 0 Å². The van der Waals surface area contributed by atoms with Crippen LogP contribution in [0, 0.1) is 0 Å². The number of ketones is 1. The lowest BCUT2D eigenvalue weighted by Crippen LogP contribution is -2.20. The molecule has 0 radical (unpaired) electrons. The van der Waals surface area contributed by atoms with Gasteiger partial charge in [-0.1, -0.05) is 18.2 Å². The van der Waals surface area contributed by atoms with Crippen LogP contribution in [0.4, 0.5) is 24.5 Å². The van der Waals surface area contributed by atoms with Gasteiger partial charge in [0.25, 0.3) is 0 Å². The van der Waals surface area contributed by atoms with E-state index in [4.69, 9.17) is 0 Å². The van der Waals surface area contributed by atoms with Gasteiger partial charge in [-0.05, 0) is 24.3 Å². The first-order valence-electron chi connectivity index (χ1n) is 8.96. The van der Waals surface area contributed by atoms with Crippen LogP contribution in [-0.2, 0) is 11.0 Å². The summed E-state index contributed by atoms with van der Waals surface area (Å²) < 4.78 is 38.9. The number of alkyl halides is 3. The number of amides is 1. The van der Waals surface area contributed by atoms with Gasteiger partial charge in [0, 0.05) is 37.6 Å². The molecule has 6 nitrogen and oxygen atoms in total. The first-order valence-corrected chi connectivity index (χ1v) is 8.96. The summed E-state index contributed by atoms with van der Waals surface area (Å²) in [6.45, 7) is 0. The minimum atomic E-state index is -4.50. The Kier molecular flexibility index (Phi) is 5.91. The summed E-state index contributed by atoms with van der Waals surface area (Å²) >= 11 is 0. The second-order valence-corrected chi connectivity index (χ2v) is 6.79. The summed E-state index contributed by atoms with van der Waals surface area (Å²) in [7, 11) is 3.13. The first-order chi connectivity index (χ1) is 14.1. The molecule has 0 saturated heterocycles. The topological polar surface area (TPSA) is 78.1 Å². The van der Waals surface area contributed by atoms with Crippen LogP contribution in [-0.4, -0.2) is 35.8 Å². The standard InChI is InChI=1S/C21H19F3N4O2/c1-28(2)17-11-15(21(22,23)24)6-7-16(17)27-19(30)12-18(29)13-4-3-5-14(10-13)20-25-8-9-26-20/h3-11H,12H2,1-2H3,(H,25,26)(H,27,30). The van der Waals surface area contributed by atoms with E-state index in [0.717, 1.165) is 12.1 Å². The Hall–Kier alpha value is -3.62. The van der Waals surface area contributed by atoms with E-state index in [1.807, 2.05) is 0 Å². The molecule has 9 heteroatoms. The average molecular weight is 416 g/mol. The Morgan fingerprint density at radius 2 is 1.90 bits per heavy atom. The largest absolute Gasteiger partial charge is 0.416 e. The third-order valence-corrected chi connectivity index (χ3v) is 4.36. The van der Waals surface area contributed by atoms with Gasteiger partial charge in [0.1, 0.15) is 5.82 Å². The van der Waals surface area contributed by atoms with Gasteiger partial charge in [-0.2, -0.15) is 13.2 Å². The molecular formula is C21H19F3N4O2. The van der Waals surface area contributed by atoms with Crippen molar-refractivity contribution in [2.24, 2.45) is 0 Å². The molecule has 0 unspecified atom stereocenters. The van der Waals surface area contributed by atoms with Crippen LogP contribution in [0.15, 0.2) is 54.9 Å². The van der Waals surface area contributed by atoms with Crippen LogP contribution in [0.1, 0.15) is 22.3 Å². The smallest absolute Gasteiger partial charge is 0.376 e. The fourth-order valence-electron chi connectivity index (χ4n) is 2.89. The second kappa shape index (κ2) is 8.40. The van der Waals surface area contributed by atoms with Crippen molar-refractivity contribution in [2.75, 3.05) is 24.3 Å². The monoisotopic (exact) mass is 416 g/mol. The van der Waals surface area contributed by atoms with Gasteiger partial charge in [0.05, 0.1) is 23.4 Å². The third-order valence-electron chi connectivity index (χ3n) is 4.36. The molecular weight excluding hydrogens is 397 g/mol. The molecule has 30 heavy (non-hydrogen) atoms. The van der Waals surface area contributed by atoms with Gasteiger partial charge < -0.3 is 15.2 Å². The number of carbonyl (C=O) groups excluding carboxylic acids is 2. The summed E-state index contributed by atoms with van der Waals surface area (Å²) in [5.41, 5.74) is 0.582. The Morgan fingerprint density at radius 1 is 1.13 bits per heavy atom. The van der Waals surface area contributed by atoms with E-state index in [1.54, 1.807) is 50.8 Å². The maximum Gasteiger partial charge on any atom is 0.416 e. The number of rotatable bonds is 6. The van der Waals surface area contributed by atoms with E-state index < -0.39 is 29.9 Å². The lowest BCUT2D eigenvalue weighted by molar-refractivity contribution is -0.137. The summed E-state index contributed by atoms with van der Waals surface area (Å²) in [5.74, 6) is -0.444. The van der Waals surface area contributed by atoms with Gasteiger partial charge in [-0.25, -0.2) is 4.98 Å². The van der Waals surface area contributed by atoms with Crippen molar-refractivity contribution in [1.82, 2.24) is 9.97 Å². The third kappa shape index (κ3) is 4.86. The lowest BCUT2D eigenvalue weighted by atomic mass is 10.0. The van der Waals surface area contributed by atoms with Crippen LogP contribution in [0.2, 0.25) is 0 Å². The molecule has 1 aromatic heterocycles. The molecule has 1 heterocycles. The van der Waals surface area contributed by atoms with Crippen LogP contribution >= 0.6 is 0 Å². The number of anilines is 2. The van der Waals surface area contributed by atoms with Gasteiger partial charge in [-0.3, -0.25) is 9.59 Å². The average Bonchev–Trinajstić information content (AvgIpc) is 3.22. The zero-order chi connectivity index (χ0) is 21.9. The molecule has 0 atom stereocenters. The second-order valence-electron chi connectivity index (χ2n) is 6.79. The number of imidazole rings is 1. The number of halogens is 3. The van der Waals surface area contributed by atoms with Crippen molar-refractivity contribution in [3.05, 3.63) is 66.0 Å². The van der Waals surface area contributed by atoms with Crippen molar-refractivity contribution in [2.45, 2.75) is 12.6 Å². The zero-order valence-electron chi connectivity index (χ0n) is 16.2. The van der Waals surface area contributed by atoms with Gasteiger partial charge in [0.2, 0.25) is 5.91 Å². The maximum atomic E-state index is 13.0. The van der Waals surface area contributed by atoms with Crippen molar-refractivity contribution in [3.63, 3.8) is 0 Å². The van der Waals surface area contributed by atoms with Crippen LogP contribution < -0.4 is 10.2 Å². The fraction of sp³-hybridized carbons (Fsp3) is 0.190. The number of nitrogens with one attached hydrogen (secondary N) is 2. The molecule has 3 aromatic rings. The highest BCUT2D eigenvalue weighted by molar-refractivity contribution is 6.12. The van der Waals surface area contributed by atoms with Crippen LogP contribution in [0.25, 0.3) is 11.4 Å². The fourth-order valence-corrected chi connectivity index (χ4v) is 2.89. The molecule has 0 fully saturated rings. The lowest BCUT2D eigenvalue weighted by Gasteiger charge is -2.20. The van der Waals surface area contributed by atoms with E-state index in [1.165, 1.54) is 11.0 Å². The number of aromatic amines is 1. The van der Waals surface area contributed by atoms with E-state index >= 15 is 0 Å². The number of benzene rings is 2. The molecule has 0 aliphatic rings. The Morgan fingerprint density at radius 3 is 2.53 bits per heavy atom. The zero-order valence-corrected chi connectivity index (χ0v) is 16.2. The van der Waals surface area contributed by atoms with E-state index in [-0.39, 0.29) is 11.4 Å². The summed E-state index contributed by atoms with van der Waals surface area (Å²) in [5, 5.41) is 2.53. The van der Waals surface area contributed by atoms with E-state index in [0.29, 0.717) is 17.0 Å². The number of H-pyrrole nitrogens is 1. The number of nitrogens with zero attached hydrogens (tertiary/aromatic N) is 2. The highest BCUT2D eigenvalue weighted by atomic mass is 19.4. The van der Waals surface area contributed by atoms with Gasteiger partial charge in [0.15, 0.2) is 5.78 Å². The molecule has 0 aliphatic carbocycles. The Labute approximate surface area is 170 Å². The number of Topliss-reactive ketones (excluding diaryl/α,β-unsaturated/α-hetero) is 1. The van der Waals surface area contributed by atoms with Crippen LogP contribution in [0.5, 0.6) is 0 Å². The minimum Gasteiger partial charge on any atom is -0.376 e. The highest BCUT2D eigenvalue weighted by Gasteiger charge is 2.31. The molecule has 156 valence electrons. The van der Waals surface area contributed by atoms with Crippen molar-refractivity contribution in [3.8, 4) is 11.4 Å². The normalized spacial score (nSPS) is 11.2. The quantitative estimate of drug-likeness (QED) is 0.462. The van der Waals surface area contributed by atoms with Gasteiger partial charge >= 0.3 is 6.18 Å². The molecule has 0 bridgehead atoms. The Balaban J connectivity index is 1.74. The summed E-state index contributed by atoms with van der Waals surface area (Å²) in [6, 6.07) is 9.69.